The third-order valence-corrected chi connectivity index (χ3v) is 2.69. The summed E-state index contributed by atoms with van der Waals surface area (Å²) in [5.74, 6) is 1.32. The van der Waals surface area contributed by atoms with Crippen LogP contribution < -0.4 is 14.8 Å². The molecule has 0 aromatic heterocycles. The highest BCUT2D eigenvalue weighted by Gasteiger charge is 2.13. The molecule has 0 bridgehead atoms. The molecule has 0 fully saturated rings. The molecule has 0 aliphatic rings. The van der Waals surface area contributed by atoms with Crippen LogP contribution in [-0.4, -0.2) is 20.1 Å². The smallest absolute Gasteiger partial charge is 0.244 e. The molecule has 0 radical (unpaired) electrons. The Balaban J connectivity index is 2.90. The molecule has 1 rings (SSSR count). The van der Waals surface area contributed by atoms with E-state index in [0.717, 1.165) is 16.9 Å². The number of amides is 1. The Hall–Kier alpha value is -1.97. The van der Waals surface area contributed by atoms with Crippen LogP contribution in [0.15, 0.2) is 29.8 Å². The van der Waals surface area contributed by atoms with Crippen LogP contribution in [0.5, 0.6) is 11.5 Å². The summed E-state index contributed by atoms with van der Waals surface area (Å²) in [6.07, 6.45) is 1.58. The summed E-state index contributed by atoms with van der Waals surface area (Å²) < 4.78 is 10.5. The predicted molar refractivity (Wildman–Crippen MR) is 75.5 cm³/mol. The van der Waals surface area contributed by atoms with Crippen LogP contribution in [-0.2, 0) is 4.79 Å². The number of ether oxygens (including phenoxy) is 2. The summed E-state index contributed by atoms with van der Waals surface area (Å²) >= 11 is 0. The zero-order valence-electron chi connectivity index (χ0n) is 12.1. The van der Waals surface area contributed by atoms with Crippen LogP contribution in [0, 0.1) is 0 Å². The minimum atomic E-state index is -0.135. The van der Waals surface area contributed by atoms with Crippen molar-refractivity contribution in [2.45, 2.75) is 26.8 Å². The van der Waals surface area contributed by atoms with Crippen molar-refractivity contribution in [3.8, 4) is 11.5 Å². The van der Waals surface area contributed by atoms with Gasteiger partial charge in [0.05, 0.1) is 20.3 Å². The molecule has 0 saturated heterocycles. The zero-order chi connectivity index (χ0) is 14.4. The van der Waals surface area contributed by atoms with Gasteiger partial charge in [-0.05, 0) is 32.9 Å². The van der Waals surface area contributed by atoms with Crippen LogP contribution in [0.1, 0.15) is 32.4 Å². The fraction of sp³-hybridized carbons (Fsp3) is 0.400. The Morgan fingerprint density at radius 3 is 2.47 bits per heavy atom. The maximum absolute atomic E-state index is 11.7. The van der Waals surface area contributed by atoms with Crippen molar-refractivity contribution in [1.29, 1.82) is 0 Å². The van der Waals surface area contributed by atoms with Crippen molar-refractivity contribution in [2.75, 3.05) is 14.2 Å². The van der Waals surface area contributed by atoms with Gasteiger partial charge >= 0.3 is 0 Å². The summed E-state index contributed by atoms with van der Waals surface area (Å²) in [5.41, 5.74) is 1.88. The molecule has 4 heteroatoms. The first-order valence-electron chi connectivity index (χ1n) is 6.15. The van der Waals surface area contributed by atoms with Gasteiger partial charge in [0.1, 0.15) is 11.5 Å². The maximum atomic E-state index is 11.7. The Kier molecular flexibility index (Phi) is 5.42. The van der Waals surface area contributed by atoms with E-state index < -0.39 is 0 Å². The lowest BCUT2D eigenvalue weighted by Gasteiger charge is -2.17. The van der Waals surface area contributed by atoms with Crippen molar-refractivity contribution in [3.05, 3.63) is 35.4 Å². The molecule has 1 atom stereocenters. The summed E-state index contributed by atoms with van der Waals surface area (Å²) in [7, 11) is 3.21. The maximum Gasteiger partial charge on any atom is 0.244 e. The molecular formula is C15H21NO3. The molecule has 1 aromatic rings. The Morgan fingerprint density at radius 1 is 1.26 bits per heavy atom. The van der Waals surface area contributed by atoms with Gasteiger partial charge in [0.15, 0.2) is 0 Å². The van der Waals surface area contributed by atoms with Crippen LogP contribution in [0.25, 0.3) is 0 Å². The highest BCUT2D eigenvalue weighted by Crippen LogP contribution is 2.29. The van der Waals surface area contributed by atoms with Crippen molar-refractivity contribution >= 4 is 5.91 Å². The summed E-state index contributed by atoms with van der Waals surface area (Å²) in [6.45, 7) is 5.69. The van der Waals surface area contributed by atoms with Crippen LogP contribution in [0.3, 0.4) is 0 Å². The van der Waals surface area contributed by atoms with Gasteiger partial charge in [-0.2, -0.15) is 0 Å². The predicted octanol–water partition coefficient (Wildman–Crippen LogP) is 2.85. The number of rotatable bonds is 5. The molecule has 0 aliphatic carbocycles. The molecule has 0 heterocycles. The SMILES string of the molecule is COc1ccc(C(C)NC(=O)C=C(C)C)c(OC)c1. The number of hydrogen-bond acceptors (Lipinski definition) is 3. The molecule has 1 N–H and O–H groups in total. The van der Waals surface area contributed by atoms with E-state index in [1.54, 1.807) is 26.4 Å². The summed E-state index contributed by atoms with van der Waals surface area (Å²) in [5, 5.41) is 2.90. The van der Waals surface area contributed by atoms with Crippen molar-refractivity contribution < 1.29 is 14.3 Å². The van der Waals surface area contributed by atoms with E-state index >= 15 is 0 Å². The lowest BCUT2D eigenvalue weighted by molar-refractivity contribution is -0.117. The van der Waals surface area contributed by atoms with E-state index in [2.05, 4.69) is 5.32 Å². The minimum Gasteiger partial charge on any atom is -0.497 e. The average Bonchev–Trinajstić information content (AvgIpc) is 2.36. The number of allylic oxidation sites excluding steroid dienone is 1. The highest BCUT2D eigenvalue weighted by molar-refractivity contribution is 5.88. The van der Waals surface area contributed by atoms with Crippen LogP contribution in [0.4, 0.5) is 0 Å². The van der Waals surface area contributed by atoms with Gasteiger partial charge in [-0.1, -0.05) is 5.57 Å². The lowest BCUT2D eigenvalue weighted by atomic mass is 10.1. The van der Waals surface area contributed by atoms with E-state index in [0.29, 0.717) is 5.75 Å². The van der Waals surface area contributed by atoms with Gasteiger partial charge < -0.3 is 14.8 Å². The zero-order valence-corrected chi connectivity index (χ0v) is 12.1. The third kappa shape index (κ3) is 4.32. The van der Waals surface area contributed by atoms with E-state index in [-0.39, 0.29) is 11.9 Å². The van der Waals surface area contributed by atoms with E-state index in [9.17, 15) is 4.79 Å². The Morgan fingerprint density at radius 2 is 1.95 bits per heavy atom. The van der Waals surface area contributed by atoms with Crippen molar-refractivity contribution in [1.82, 2.24) is 5.32 Å². The second-order valence-electron chi connectivity index (χ2n) is 4.56. The molecule has 104 valence electrons. The molecule has 1 aromatic carbocycles. The molecular weight excluding hydrogens is 242 g/mol. The van der Waals surface area contributed by atoms with E-state index in [1.165, 1.54) is 0 Å². The molecule has 1 unspecified atom stereocenters. The van der Waals surface area contributed by atoms with Gasteiger partial charge in [0.2, 0.25) is 5.91 Å². The quantitative estimate of drug-likeness (QED) is 0.831. The highest BCUT2D eigenvalue weighted by atomic mass is 16.5. The fourth-order valence-electron chi connectivity index (χ4n) is 1.77. The van der Waals surface area contributed by atoms with E-state index in [4.69, 9.17) is 9.47 Å². The topological polar surface area (TPSA) is 47.6 Å². The average molecular weight is 263 g/mol. The minimum absolute atomic E-state index is 0.106. The second-order valence-corrected chi connectivity index (χ2v) is 4.56. The third-order valence-electron chi connectivity index (χ3n) is 2.69. The Labute approximate surface area is 114 Å². The standard InChI is InChI=1S/C15H21NO3/c1-10(2)8-15(17)16-11(3)13-7-6-12(18-4)9-14(13)19-5/h6-9,11H,1-5H3,(H,16,17). The van der Waals surface area contributed by atoms with Crippen molar-refractivity contribution in [3.63, 3.8) is 0 Å². The normalized spacial score (nSPS) is 11.4. The van der Waals surface area contributed by atoms with Gasteiger partial charge in [-0.25, -0.2) is 0 Å². The van der Waals surface area contributed by atoms with Gasteiger partial charge in [-0.15, -0.1) is 0 Å². The summed E-state index contributed by atoms with van der Waals surface area (Å²) in [4.78, 5) is 11.7. The van der Waals surface area contributed by atoms with Gasteiger partial charge in [0.25, 0.3) is 0 Å². The van der Waals surface area contributed by atoms with Crippen molar-refractivity contribution in [2.24, 2.45) is 0 Å². The first-order valence-corrected chi connectivity index (χ1v) is 6.15. The fourth-order valence-corrected chi connectivity index (χ4v) is 1.77. The molecule has 1 amide bonds. The number of hydrogen-bond donors (Lipinski definition) is 1. The monoisotopic (exact) mass is 263 g/mol. The van der Waals surface area contributed by atoms with Crippen LogP contribution in [0.2, 0.25) is 0 Å². The first-order chi connectivity index (χ1) is 8.97. The first kappa shape index (κ1) is 15.1. The Bertz CT molecular complexity index is 476. The van der Waals surface area contributed by atoms with E-state index in [1.807, 2.05) is 32.9 Å². The molecule has 0 aliphatic heterocycles. The second kappa shape index (κ2) is 6.83. The lowest BCUT2D eigenvalue weighted by Crippen LogP contribution is -2.25. The van der Waals surface area contributed by atoms with Gasteiger partial charge in [-0.3, -0.25) is 4.79 Å². The number of nitrogens with one attached hydrogen (secondary N) is 1. The molecule has 4 nitrogen and oxygen atoms in total. The number of carbonyl (C=O) groups excluding carboxylic acids is 1. The largest absolute Gasteiger partial charge is 0.497 e. The molecule has 0 spiro atoms. The molecule has 19 heavy (non-hydrogen) atoms. The van der Waals surface area contributed by atoms with Crippen LogP contribution >= 0.6 is 0 Å². The number of methoxy groups -OCH3 is 2. The van der Waals surface area contributed by atoms with Gasteiger partial charge in [0, 0.05) is 17.7 Å². The molecule has 0 saturated carbocycles. The number of carbonyl (C=O) groups is 1. The number of benzene rings is 1. The summed E-state index contributed by atoms with van der Waals surface area (Å²) in [6, 6.07) is 5.41.